The van der Waals surface area contributed by atoms with E-state index < -0.39 is 47.0 Å². The zero-order valence-electron chi connectivity index (χ0n) is 18.2. The van der Waals surface area contributed by atoms with Crippen LogP contribution in [-0.4, -0.2) is 56.2 Å². The molecular formula is C22H21F5N4O3S. The molecule has 0 radical (unpaired) electrons. The molecule has 1 saturated carbocycles. The van der Waals surface area contributed by atoms with Gasteiger partial charge in [-0.1, -0.05) is 0 Å². The highest BCUT2D eigenvalue weighted by Crippen LogP contribution is 2.44. The normalized spacial score (nSPS) is 22.6. The van der Waals surface area contributed by atoms with Crippen molar-refractivity contribution in [2.75, 3.05) is 5.32 Å². The van der Waals surface area contributed by atoms with Crippen LogP contribution < -0.4 is 5.32 Å². The van der Waals surface area contributed by atoms with Crippen LogP contribution in [0, 0.1) is 5.92 Å². The van der Waals surface area contributed by atoms with Gasteiger partial charge < -0.3 is 15.3 Å². The van der Waals surface area contributed by atoms with E-state index in [4.69, 9.17) is 0 Å². The molecule has 0 unspecified atom stereocenters. The maximum absolute atomic E-state index is 14.1. The molecule has 5 rings (SSSR count). The van der Waals surface area contributed by atoms with Crippen LogP contribution in [0.4, 0.5) is 27.8 Å². The number of thiazole rings is 1. The molecule has 2 aliphatic heterocycles. The molecule has 0 aromatic carbocycles. The predicted octanol–water partition coefficient (Wildman–Crippen LogP) is 5.36. The Balaban J connectivity index is 1.53. The summed E-state index contributed by atoms with van der Waals surface area (Å²) in [5, 5.41) is 11.2. The quantitative estimate of drug-likeness (QED) is 0.481. The molecule has 1 amide bonds. The molecule has 3 aliphatic rings. The van der Waals surface area contributed by atoms with Crippen molar-refractivity contribution >= 4 is 29.0 Å². The van der Waals surface area contributed by atoms with Gasteiger partial charge >= 0.3 is 12.1 Å². The molecule has 1 aliphatic carbocycles. The van der Waals surface area contributed by atoms with E-state index in [-0.39, 0.29) is 34.0 Å². The van der Waals surface area contributed by atoms with E-state index in [1.165, 1.54) is 0 Å². The van der Waals surface area contributed by atoms with Crippen molar-refractivity contribution < 1.29 is 36.6 Å². The molecule has 2 N–H and O–H groups in total. The minimum Gasteiger partial charge on any atom is -0.476 e. The molecule has 2 saturated heterocycles. The molecule has 3 fully saturated rings. The molecule has 0 spiro atoms. The lowest BCUT2D eigenvalue weighted by atomic mass is 10.0. The van der Waals surface area contributed by atoms with Crippen molar-refractivity contribution in [2.24, 2.45) is 5.92 Å². The van der Waals surface area contributed by atoms with E-state index >= 15 is 0 Å². The number of anilines is 1. The first kappa shape index (κ1) is 23.9. The van der Waals surface area contributed by atoms with E-state index in [9.17, 15) is 36.6 Å². The molecule has 1 atom stereocenters. The second-order valence-electron chi connectivity index (χ2n) is 9.14. The Kier molecular flexibility index (Phi) is 5.93. The molecular weight excluding hydrogens is 495 g/mol. The van der Waals surface area contributed by atoms with Gasteiger partial charge in [0.15, 0.2) is 0 Å². The Morgan fingerprint density at radius 1 is 1.11 bits per heavy atom. The van der Waals surface area contributed by atoms with Crippen LogP contribution in [0.25, 0.3) is 10.4 Å². The molecule has 7 nitrogen and oxygen atoms in total. The molecule has 4 heterocycles. The first-order valence-electron chi connectivity index (χ1n) is 11.2. The number of carbonyl (C=O) groups is 2. The average Bonchev–Trinajstić information content (AvgIpc) is 3.23. The van der Waals surface area contributed by atoms with Crippen molar-refractivity contribution in [2.45, 2.75) is 69.3 Å². The van der Waals surface area contributed by atoms with Gasteiger partial charge in [0.2, 0.25) is 5.01 Å². The second kappa shape index (κ2) is 8.68. The van der Waals surface area contributed by atoms with Crippen molar-refractivity contribution in [3.05, 3.63) is 28.5 Å². The summed E-state index contributed by atoms with van der Waals surface area (Å²) in [6, 6.07) is -1.08. The van der Waals surface area contributed by atoms with Gasteiger partial charge in [0, 0.05) is 29.4 Å². The third-order valence-corrected chi connectivity index (χ3v) is 7.94. The fourth-order valence-corrected chi connectivity index (χ4v) is 6.01. The summed E-state index contributed by atoms with van der Waals surface area (Å²) in [6.07, 6.45) is -2.73. The number of amides is 1. The lowest BCUT2D eigenvalue weighted by Crippen LogP contribution is -2.38. The number of carbonyl (C=O) groups excluding carboxylic acids is 1. The van der Waals surface area contributed by atoms with Gasteiger partial charge in [-0.05, 0) is 50.5 Å². The van der Waals surface area contributed by atoms with Crippen molar-refractivity contribution in [1.29, 1.82) is 0 Å². The number of aromatic carboxylic acids is 1. The van der Waals surface area contributed by atoms with E-state index in [0.717, 1.165) is 37.9 Å². The Labute approximate surface area is 200 Å². The first-order chi connectivity index (χ1) is 16.5. The van der Waals surface area contributed by atoms with Crippen LogP contribution in [0.3, 0.4) is 0 Å². The number of alkyl halides is 5. The van der Waals surface area contributed by atoms with Gasteiger partial charge in [-0.15, -0.1) is 11.3 Å². The number of nitrogens with one attached hydrogen (secondary N) is 1. The number of hydrogen-bond donors (Lipinski definition) is 2. The fraction of sp³-hybridized carbons (Fsp3) is 0.545. The number of rotatable bonds is 7. The largest absolute Gasteiger partial charge is 0.476 e. The smallest absolute Gasteiger partial charge is 0.408 e. The van der Waals surface area contributed by atoms with E-state index in [0.29, 0.717) is 24.2 Å². The summed E-state index contributed by atoms with van der Waals surface area (Å²) in [6.45, 7) is 0. The predicted molar refractivity (Wildman–Crippen MR) is 116 cm³/mol. The number of halogens is 5. The highest BCUT2D eigenvalue weighted by atomic mass is 32.1. The lowest BCUT2D eigenvalue weighted by Gasteiger charge is -2.23. The third-order valence-electron chi connectivity index (χ3n) is 6.87. The molecule has 188 valence electrons. The van der Waals surface area contributed by atoms with Gasteiger partial charge in [-0.3, -0.25) is 4.79 Å². The van der Waals surface area contributed by atoms with Crippen LogP contribution in [0.2, 0.25) is 0 Å². The highest BCUT2D eigenvalue weighted by Gasteiger charge is 2.49. The topological polar surface area (TPSA) is 95.4 Å². The molecule has 2 bridgehead atoms. The van der Waals surface area contributed by atoms with E-state index in [1.54, 1.807) is 4.90 Å². The lowest BCUT2D eigenvalue weighted by molar-refractivity contribution is -0.146. The van der Waals surface area contributed by atoms with Crippen LogP contribution in [-0.2, 0) is 0 Å². The number of fused-ring (bicyclic) bond motifs is 2. The maximum atomic E-state index is 14.1. The Morgan fingerprint density at radius 2 is 1.74 bits per heavy atom. The third kappa shape index (κ3) is 4.45. The number of nitrogens with zero attached hydrogens (tertiary/aromatic N) is 3. The van der Waals surface area contributed by atoms with Gasteiger partial charge in [0.05, 0.1) is 4.88 Å². The zero-order chi connectivity index (χ0) is 25.1. The number of hydrogen-bond acceptors (Lipinski definition) is 6. The summed E-state index contributed by atoms with van der Waals surface area (Å²) in [7, 11) is 0. The summed E-state index contributed by atoms with van der Waals surface area (Å²) < 4.78 is 68.3. The van der Waals surface area contributed by atoms with Crippen molar-refractivity contribution in [1.82, 2.24) is 14.9 Å². The minimum atomic E-state index is -4.57. The van der Waals surface area contributed by atoms with Gasteiger partial charge in [0.25, 0.3) is 12.3 Å². The Hall–Kier alpha value is -2.83. The second-order valence-corrected chi connectivity index (χ2v) is 10.1. The minimum absolute atomic E-state index is 0.00340. The summed E-state index contributed by atoms with van der Waals surface area (Å²) in [5.74, 6) is -2.96. The van der Waals surface area contributed by atoms with E-state index in [1.807, 2.05) is 0 Å². The van der Waals surface area contributed by atoms with Crippen molar-refractivity contribution in [3.63, 3.8) is 0 Å². The van der Waals surface area contributed by atoms with Gasteiger partial charge in [-0.2, -0.15) is 13.2 Å². The average molecular weight is 516 g/mol. The summed E-state index contributed by atoms with van der Waals surface area (Å²) in [4.78, 5) is 34.4. The number of aromatic nitrogens is 2. The Bertz CT molecular complexity index is 1150. The number of carboxylic acids is 1. The SMILES string of the molecule is O=C(O)c1nc(C(=O)N2[C@H]3CC[C@@H]2CC3)c(-c2cnc(N[C@@H](C3CC3)C(F)(F)F)cc2C(F)F)s1. The fourth-order valence-electron chi connectivity index (χ4n) is 5.08. The Morgan fingerprint density at radius 3 is 2.26 bits per heavy atom. The molecule has 13 heteroatoms. The number of pyridine rings is 1. The first-order valence-corrected chi connectivity index (χ1v) is 12.0. The standard InChI is InChI=1S/C22H21F5N4O3S/c23-18(24)12-7-14(29-17(9-1-2-9)22(25,26)27)28-8-13(12)16-15(30-19(35-16)21(33)34)20(32)31-10-3-4-11(31)6-5-10/h7-11,17-18H,1-6H2,(H,28,29)(H,33,34)/t10-,11+,17-/m0/s1. The maximum Gasteiger partial charge on any atom is 0.408 e. The van der Waals surface area contributed by atoms with Crippen LogP contribution in [0.5, 0.6) is 0 Å². The zero-order valence-corrected chi connectivity index (χ0v) is 19.0. The summed E-state index contributed by atoms with van der Waals surface area (Å²) in [5.41, 5.74) is -1.12. The summed E-state index contributed by atoms with van der Waals surface area (Å²) >= 11 is 0.569. The van der Waals surface area contributed by atoms with Crippen LogP contribution in [0.1, 0.15) is 70.8 Å². The van der Waals surface area contributed by atoms with Crippen molar-refractivity contribution in [3.8, 4) is 10.4 Å². The number of carboxylic acid groups (broad SMARTS) is 1. The highest BCUT2D eigenvalue weighted by molar-refractivity contribution is 7.17. The molecule has 2 aromatic heterocycles. The molecule has 35 heavy (non-hydrogen) atoms. The monoisotopic (exact) mass is 516 g/mol. The van der Waals surface area contributed by atoms with E-state index in [2.05, 4.69) is 15.3 Å². The van der Waals surface area contributed by atoms with Gasteiger partial charge in [-0.25, -0.2) is 23.5 Å². The van der Waals surface area contributed by atoms with Crippen LogP contribution >= 0.6 is 11.3 Å². The van der Waals surface area contributed by atoms with Gasteiger partial charge in [0.1, 0.15) is 17.6 Å². The van der Waals surface area contributed by atoms with Crippen LogP contribution in [0.15, 0.2) is 12.3 Å². The molecule has 2 aromatic rings.